The normalized spacial score (nSPS) is 16.3. The first-order chi connectivity index (χ1) is 14.4. The van der Waals surface area contributed by atoms with Crippen molar-refractivity contribution in [1.82, 2.24) is 5.32 Å². The first kappa shape index (κ1) is 20.0. The zero-order valence-electron chi connectivity index (χ0n) is 15.7. The summed E-state index contributed by atoms with van der Waals surface area (Å²) in [4.78, 5) is 28.3. The fourth-order valence-corrected chi connectivity index (χ4v) is 3.86. The van der Waals surface area contributed by atoms with Gasteiger partial charge in [0.15, 0.2) is 5.17 Å². The van der Waals surface area contributed by atoms with Crippen LogP contribution < -0.4 is 5.32 Å². The molecule has 0 radical (unpaired) electrons. The number of amidine groups is 1. The van der Waals surface area contributed by atoms with Crippen LogP contribution in [0.15, 0.2) is 68.9 Å². The molecule has 4 rings (SSSR count). The lowest BCUT2D eigenvalue weighted by Gasteiger charge is -2.03. The van der Waals surface area contributed by atoms with Gasteiger partial charge in [0.1, 0.15) is 11.5 Å². The van der Waals surface area contributed by atoms with E-state index in [9.17, 15) is 9.59 Å². The molecule has 1 aliphatic heterocycles. The number of hydrogen-bond donors (Lipinski definition) is 2. The van der Waals surface area contributed by atoms with Gasteiger partial charge in [-0.25, -0.2) is 9.79 Å². The summed E-state index contributed by atoms with van der Waals surface area (Å²) in [6, 6.07) is 15.6. The van der Waals surface area contributed by atoms with Crippen molar-refractivity contribution in [2.45, 2.75) is 6.92 Å². The van der Waals surface area contributed by atoms with Crippen LogP contribution in [0.1, 0.15) is 21.7 Å². The van der Waals surface area contributed by atoms with Crippen LogP contribution in [0.2, 0.25) is 5.02 Å². The molecule has 6 nitrogen and oxygen atoms in total. The molecule has 0 bridgehead atoms. The van der Waals surface area contributed by atoms with Crippen LogP contribution >= 0.6 is 23.4 Å². The summed E-state index contributed by atoms with van der Waals surface area (Å²) in [5, 5.41) is 12.8. The van der Waals surface area contributed by atoms with E-state index in [1.165, 1.54) is 12.1 Å². The number of aliphatic imine (C=N–C) groups is 1. The van der Waals surface area contributed by atoms with Gasteiger partial charge in [0.05, 0.1) is 21.2 Å². The highest BCUT2D eigenvalue weighted by atomic mass is 35.5. The molecule has 150 valence electrons. The number of amides is 1. The number of rotatable bonds is 4. The van der Waals surface area contributed by atoms with Crippen LogP contribution in [0.3, 0.4) is 0 Å². The summed E-state index contributed by atoms with van der Waals surface area (Å²) < 4.78 is 5.82. The average molecular weight is 439 g/mol. The van der Waals surface area contributed by atoms with Crippen LogP contribution in [0, 0.1) is 6.92 Å². The molecule has 1 amide bonds. The summed E-state index contributed by atoms with van der Waals surface area (Å²) in [6.07, 6.45) is 1.63. The van der Waals surface area contributed by atoms with Crippen molar-refractivity contribution in [2.75, 3.05) is 0 Å². The second kappa shape index (κ2) is 8.22. The summed E-state index contributed by atoms with van der Waals surface area (Å²) >= 11 is 7.36. The molecule has 0 aliphatic carbocycles. The number of aromatic carboxylic acids is 1. The number of hydrogen-bond acceptors (Lipinski definition) is 5. The van der Waals surface area contributed by atoms with Crippen LogP contribution in [-0.2, 0) is 4.79 Å². The average Bonchev–Trinajstić information content (AvgIpc) is 3.30. The molecule has 0 saturated carbocycles. The minimum absolute atomic E-state index is 0.132. The van der Waals surface area contributed by atoms with Crippen LogP contribution in [0.5, 0.6) is 0 Å². The van der Waals surface area contributed by atoms with E-state index in [2.05, 4.69) is 10.3 Å². The number of carbonyl (C=O) groups excluding carboxylic acids is 1. The molecule has 1 saturated heterocycles. The maximum atomic E-state index is 12.3. The van der Waals surface area contributed by atoms with Crippen LogP contribution in [0.25, 0.3) is 17.4 Å². The lowest BCUT2D eigenvalue weighted by Crippen LogP contribution is -2.19. The predicted molar refractivity (Wildman–Crippen MR) is 118 cm³/mol. The molecule has 0 atom stereocenters. The monoisotopic (exact) mass is 438 g/mol. The first-order valence-electron chi connectivity index (χ1n) is 8.89. The van der Waals surface area contributed by atoms with Crippen molar-refractivity contribution in [3.05, 3.63) is 81.4 Å². The highest BCUT2D eigenvalue weighted by Crippen LogP contribution is 2.32. The van der Waals surface area contributed by atoms with E-state index in [4.69, 9.17) is 21.1 Å². The van der Waals surface area contributed by atoms with Gasteiger partial charge in [-0.2, -0.15) is 0 Å². The van der Waals surface area contributed by atoms with Gasteiger partial charge in [-0.05, 0) is 60.6 Å². The molecule has 2 heterocycles. The third-order valence-corrected chi connectivity index (χ3v) is 5.61. The Morgan fingerprint density at radius 2 is 2.00 bits per heavy atom. The molecule has 8 heteroatoms. The van der Waals surface area contributed by atoms with Crippen molar-refractivity contribution in [1.29, 1.82) is 0 Å². The van der Waals surface area contributed by atoms with Gasteiger partial charge < -0.3 is 14.8 Å². The third-order valence-electron chi connectivity index (χ3n) is 4.37. The number of thioether (sulfide) groups is 1. The van der Waals surface area contributed by atoms with Crippen LogP contribution in [0.4, 0.5) is 5.69 Å². The number of halogens is 1. The Balaban J connectivity index is 1.58. The van der Waals surface area contributed by atoms with Gasteiger partial charge in [-0.3, -0.25) is 4.79 Å². The Bertz CT molecular complexity index is 1230. The molecule has 2 aromatic carbocycles. The zero-order chi connectivity index (χ0) is 21.3. The lowest BCUT2D eigenvalue weighted by molar-refractivity contribution is -0.115. The molecule has 1 aromatic heterocycles. The number of aryl methyl sites for hydroxylation is 1. The third kappa shape index (κ3) is 4.17. The number of furan rings is 1. The molecule has 30 heavy (non-hydrogen) atoms. The summed E-state index contributed by atoms with van der Waals surface area (Å²) in [7, 11) is 0. The van der Waals surface area contributed by atoms with Crippen LogP contribution in [-0.4, -0.2) is 22.2 Å². The molecule has 1 fully saturated rings. The Hall–Kier alpha value is -3.29. The van der Waals surface area contributed by atoms with Gasteiger partial charge in [0, 0.05) is 11.6 Å². The maximum Gasteiger partial charge on any atom is 0.335 e. The largest absolute Gasteiger partial charge is 0.478 e. The summed E-state index contributed by atoms with van der Waals surface area (Å²) in [5.41, 5.74) is 2.18. The van der Waals surface area contributed by atoms with E-state index in [0.717, 1.165) is 22.9 Å². The number of benzene rings is 2. The smallest absolute Gasteiger partial charge is 0.335 e. The molecule has 0 unspecified atom stereocenters. The number of nitrogens with zero attached hydrogens (tertiary/aromatic N) is 1. The van der Waals surface area contributed by atoms with Gasteiger partial charge in [0.2, 0.25) is 0 Å². The zero-order valence-corrected chi connectivity index (χ0v) is 17.3. The lowest BCUT2D eigenvalue weighted by atomic mass is 10.1. The van der Waals surface area contributed by atoms with E-state index < -0.39 is 5.97 Å². The van der Waals surface area contributed by atoms with Gasteiger partial charge >= 0.3 is 5.97 Å². The van der Waals surface area contributed by atoms with E-state index in [0.29, 0.717) is 32.3 Å². The van der Waals surface area contributed by atoms with E-state index in [1.807, 2.05) is 25.1 Å². The van der Waals surface area contributed by atoms with Gasteiger partial charge in [0.25, 0.3) is 5.91 Å². The topological polar surface area (TPSA) is 91.9 Å². The van der Waals surface area contributed by atoms with E-state index in [1.54, 1.807) is 30.3 Å². The highest BCUT2D eigenvalue weighted by Gasteiger charge is 2.24. The molecule has 3 aromatic rings. The van der Waals surface area contributed by atoms with Gasteiger partial charge in [-0.1, -0.05) is 29.8 Å². The van der Waals surface area contributed by atoms with Crippen molar-refractivity contribution in [2.24, 2.45) is 4.99 Å². The Kier molecular flexibility index (Phi) is 5.48. The SMILES string of the molecule is Cc1ccc(C(=O)O)cc1N=C1NC(=O)C(=Cc2ccc(-c3ccccc3Cl)o2)S1. The maximum absolute atomic E-state index is 12.3. The Morgan fingerprint density at radius 3 is 2.77 bits per heavy atom. The highest BCUT2D eigenvalue weighted by molar-refractivity contribution is 8.18. The van der Waals surface area contributed by atoms with Crippen molar-refractivity contribution in [3.8, 4) is 11.3 Å². The number of nitrogens with one attached hydrogen (secondary N) is 1. The molecule has 0 spiro atoms. The van der Waals surface area contributed by atoms with Gasteiger partial charge in [-0.15, -0.1) is 0 Å². The molecule has 1 aliphatic rings. The Labute approximate surface area is 181 Å². The fourth-order valence-electron chi connectivity index (χ4n) is 2.82. The second-order valence-electron chi connectivity index (χ2n) is 6.47. The second-order valence-corrected chi connectivity index (χ2v) is 7.91. The number of carboxylic acids is 1. The standard InChI is InChI=1S/C22H15ClN2O4S/c1-12-6-7-13(21(27)28)10-17(12)24-22-25-20(26)19(30-22)11-14-8-9-18(29-14)15-4-2-3-5-16(15)23/h2-11H,1H3,(H,27,28)(H,24,25,26). The number of carbonyl (C=O) groups is 2. The first-order valence-corrected chi connectivity index (χ1v) is 10.1. The predicted octanol–water partition coefficient (Wildman–Crippen LogP) is 5.50. The fraction of sp³-hybridized carbons (Fsp3) is 0.0455. The number of carboxylic acid groups (broad SMARTS) is 1. The Morgan fingerprint density at radius 1 is 1.20 bits per heavy atom. The molecular weight excluding hydrogens is 424 g/mol. The summed E-state index contributed by atoms with van der Waals surface area (Å²) in [6.45, 7) is 1.82. The molecular formula is C22H15ClN2O4S. The van der Waals surface area contributed by atoms with Crippen molar-refractivity contribution >= 4 is 52.2 Å². The van der Waals surface area contributed by atoms with E-state index >= 15 is 0 Å². The van der Waals surface area contributed by atoms with Crippen molar-refractivity contribution in [3.63, 3.8) is 0 Å². The quantitative estimate of drug-likeness (QED) is 0.525. The van der Waals surface area contributed by atoms with Crippen molar-refractivity contribution < 1.29 is 19.1 Å². The van der Waals surface area contributed by atoms with E-state index in [-0.39, 0.29) is 11.5 Å². The molecule has 2 N–H and O–H groups in total. The minimum atomic E-state index is -1.03. The minimum Gasteiger partial charge on any atom is -0.478 e. The summed E-state index contributed by atoms with van der Waals surface area (Å²) in [5.74, 6) is -0.229.